The van der Waals surface area contributed by atoms with Crippen molar-refractivity contribution < 1.29 is 9.53 Å². The number of carbonyl (C=O) groups excluding carboxylic acids is 1. The second-order valence-corrected chi connectivity index (χ2v) is 5.51. The van der Waals surface area contributed by atoms with Crippen LogP contribution in [0.4, 0.5) is 0 Å². The topological polar surface area (TPSA) is 50.4 Å². The van der Waals surface area contributed by atoms with Crippen molar-refractivity contribution in [2.75, 3.05) is 20.7 Å². The van der Waals surface area contributed by atoms with Crippen LogP contribution in [0.25, 0.3) is 0 Å². The minimum absolute atomic E-state index is 0.0785. The number of ether oxygens (including phenoxy) is 1. The van der Waals surface area contributed by atoms with Crippen molar-refractivity contribution >= 4 is 5.91 Å². The molecule has 100 valence electrons. The lowest BCUT2D eigenvalue weighted by atomic mass is 9.88. The molecule has 0 aromatic rings. The van der Waals surface area contributed by atoms with Crippen molar-refractivity contribution in [3.63, 3.8) is 0 Å². The zero-order valence-corrected chi connectivity index (χ0v) is 11.5. The van der Waals surface area contributed by atoms with Gasteiger partial charge in [0.2, 0.25) is 5.91 Å². The minimum Gasteiger partial charge on any atom is -0.380 e. The fourth-order valence-corrected chi connectivity index (χ4v) is 2.42. The molecular weight excluding hydrogens is 216 g/mol. The number of amides is 1. The average molecular weight is 242 g/mol. The van der Waals surface area contributed by atoms with Gasteiger partial charge < -0.3 is 15.4 Å². The van der Waals surface area contributed by atoms with Gasteiger partial charge in [-0.15, -0.1) is 0 Å². The first kappa shape index (κ1) is 14.5. The van der Waals surface area contributed by atoms with Crippen LogP contribution in [0.2, 0.25) is 0 Å². The van der Waals surface area contributed by atoms with Crippen molar-refractivity contribution in [1.29, 1.82) is 0 Å². The van der Waals surface area contributed by atoms with E-state index in [0.717, 1.165) is 12.8 Å². The van der Waals surface area contributed by atoms with E-state index < -0.39 is 0 Å². The Morgan fingerprint density at radius 2 is 2.00 bits per heavy atom. The number of hydrogen-bond donors (Lipinski definition) is 2. The van der Waals surface area contributed by atoms with Crippen molar-refractivity contribution in [3.05, 3.63) is 0 Å². The fraction of sp³-hybridized carbons (Fsp3) is 0.923. The second-order valence-electron chi connectivity index (χ2n) is 5.51. The number of carbonyl (C=O) groups is 1. The van der Waals surface area contributed by atoms with E-state index in [0.29, 0.717) is 18.7 Å². The Bertz CT molecular complexity index is 254. The highest BCUT2D eigenvalue weighted by Gasteiger charge is 2.30. The van der Waals surface area contributed by atoms with Gasteiger partial charge in [-0.25, -0.2) is 0 Å². The average Bonchev–Trinajstić information content (AvgIpc) is 2.35. The van der Waals surface area contributed by atoms with Gasteiger partial charge in [0.05, 0.1) is 11.5 Å². The molecule has 0 aliphatic heterocycles. The van der Waals surface area contributed by atoms with Crippen LogP contribution < -0.4 is 10.6 Å². The molecule has 1 saturated carbocycles. The van der Waals surface area contributed by atoms with Gasteiger partial charge in [0, 0.05) is 26.7 Å². The molecule has 1 aliphatic carbocycles. The molecule has 0 saturated heterocycles. The number of methoxy groups -OCH3 is 1. The van der Waals surface area contributed by atoms with Gasteiger partial charge in [0.1, 0.15) is 0 Å². The highest BCUT2D eigenvalue weighted by molar-refractivity contribution is 5.81. The molecule has 0 spiro atoms. The lowest BCUT2D eigenvalue weighted by molar-refractivity contribution is -0.128. The Balaban J connectivity index is 2.45. The molecule has 1 aliphatic rings. The molecule has 0 aromatic carbocycles. The van der Waals surface area contributed by atoms with Crippen LogP contribution in [0.3, 0.4) is 0 Å². The fourth-order valence-electron chi connectivity index (χ4n) is 2.42. The number of rotatable bonds is 5. The maximum atomic E-state index is 11.7. The van der Waals surface area contributed by atoms with E-state index in [1.54, 1.807) is 14.2 Å². The van der Waals surface area contributed by atoms with E-state index in [1.165, 1.54) is 12.8 Å². The lowest BCUT2D eigenvalue weighted by Gasteiger charge is -2.34. The third-order valence-electron chi connectivity index (χ3n) is 3.65. The summed E-state index contributed by atoms with van der Waals surface area (Å²) in [5.41, 5.74) is -0.371. The Morgan fingerprint density at radius 3 is 2.59 bits per heavy atom. The van der Waals surface area contributed by atoms with Crippen LogP contribution in [-0.4, -0.2) is 38.8 Å². The van der Waals surface area contributed by atoms with Gasteiger partial charge in [0.25, 0.3) is 0 Å². The van der Waals surface area contributed by atoms with Crippen LogP contribution in [0.5, 0.6) is 0 Å². The number of hydrogen-bond acceptors (Lipinski definition) is 3. The Morgan fingerprint density at radius 1 is 1.35 bits per heavy atom. The van der Waals surface area contributed by atoms with Gasteiger partial charge >= 0.3 is 0 Å². The van der Waals surface area contributed by atoms with Crippen molar-refractivity contribution in [1.82, 2.24) is 10.6 Å². The normalized spacial score (nSPS) is 25.6. The summed E-state index contributed by atoms with van der Waals surface area (Å²) in [6.07, 6.45) is 5.05. The zero-order chi connectivity index (χ0) is 12.9. The SMILES string of the molecule is CNC(=O)C(C)(C)CNC1CCCCC1OC. The maximum absolute atomic E-state index is 11.7. The number of nitrogens with one attached hydrogen (secondary N) is 2. The van der Waals surface area contributed by atoms with Gasteiger partial charge in [-0.1, -0.05) is 12.8 Å². The molecule has 4 heteroatoms. The lowest BCUT2D eigenvalue weighted by Crippen LogP contribution is -2.49. The van der Waals surface area contributed by atoms with E-state index in [1.807, 2.05) is 13.8 Å². The monoisotopic (exact) mass is 242 g/mol. The molecule has 0 aromatic heterocycles. The molecule has 1 amide bonds. The van der Waals surface area contributed by atoms with Gasteiger partial charge in [-0.05, 0) is 26.7 Å². The molecule has 2 unspecified atom stereocenters. The molecule has 0 radical (unpaired) electrons. The smallest absolute Gasteiger partial charge is 0.226 e. The zero-order valence-electron chi connectivity index (χ0n) is 11.5. The van der Waals surface area contributed by atoms with E-state index in [-0.39, 0.29) is 11.3 Å². The summed E-state index contributed by atoms with van der Waals surface area (Å²) in [7, 11) is 3.46. The van der Waals surface area contributed by atoms with Crippen LogP contribution in [-0.2, 0) is 9.53 Å². The highest BCUT2D eigenvalue weighted by atomic mass is 16.5. The van der Waals surface area contributed by atoms with Gasteiger partial charge in [0.15, 0.2) is 0 Å². The maximum Gasteiger partial charge on any atom is 0.226 e. The summed E-state index contributed by atoms with van der Waals surface area (Å²) in [4.78, 5) is 11.7. The largest absolute Gasteiger partial charge is 0.380 e. The molecule has 1 rings (SSSR count). The predicted octanol–water partition coefficient (Wildman–Crippen LogP) is 1.31. The summed E-state index contributed by atoms with van der Waals surface area (Å²) >= 11 is 0. The first-order valence-corrected chi connectivity index (χ1v) is 6.49. The summed E-state index contributed by atoms with van der Waals surface area (Å²) in [5.74, 6) is 0.0785. The highest BCUT2D eigenvalue weighted by Crippen LogP contribution is 2.22. The Hall–Kier alpha value is -0.610. The Labute approximate surface area is 104 Å². The van der Waals surface area contributed by atoms with E-state index in [9.17, 15) is 4.79 Å². The van der Waals surface area contributed by atoms with Gasteiger partial charge in [-0.2, -0.15) is 0 Å². The van der Waals surface area contributed by atoms with Crippen LogP contribution in [0, 0.1) is 5.41 Å². The standard InChI is InChI=1S/C13H26N2O2/c1-13(2,12(16)14-3)9-15-10-7-5-6-8-11(10)17-4/h10-11,15H,5-9H2,1-4H3,(H,14,16). The molecule has 17 heavy (non-hydrogen) atoms. The quantitative estimate of drug-likeness (QED) is 0.764. The van der Waals surface area contributed by atoms with E-state index in [2.05, 4.69) is 10.6 Å². The van der Waals surface area contributed by atoms with Crippen molar-refractivity contribution in [2.24, 2.45) is 5.41 Å². The first-order chi connectivity index (χ1) is 8.01. The molecule has 0 bridgehead atoms. The molecule has 0 heterocycles. The third-order valence-corrected chi connectivity index (χ3v) is 3.65. The van der Waals surface area contributed by atoms with Gasteiger partial charge in [-0.3, -0.25) is 4.79 Å². The molecule has 2 atom stereocenters. The van der Waals surface area contributed by atoms with Crippen LogP contribution in [0.15, 0.2) is 0 Å². The molecule has 1 fully saturated rings. The minimum atomic E-state index is -0.371. The van der Waals surface area contributed by atoms with E-state index in [4.69, 9.17) is 4.74 Å². The Kier molecular flexibility index (Phi) is 5.40. The second kappa shape index (κ2) is 6.36. The molecule has 2 N–H and O–H groups in total. The van der Waals surface area contributed by atoms with Crippen LogP contribution >= 0.6 is 0 Å². The van der Waals surface area contributed by atoms with Crippen molar-refractivity contribution in [2.45, 2.75) is 51.7 Å². The summed E-state index contributed by atoms with van der Waals surface area (Å²) in [6, 6.07) is 0.387. The third kappa shape index (κ3) is 3.96. The molecular formula is C13H26N2O2. The van der Waals surface area contributed by atoms with Crippen molar-refractivity contribution in [3.8, 4) is 0 Å². The van der Waals surface area contributed by atoms with Crippen LogP contribution in [0.1, 0.15) is 39.5 Å². The molecule has 4 nitrogen and oxygen atoms in total. The summed E-state index contributed by atoms with van der Waals surface area (Å²) < 4.78 is 5.49. The predicted molar refractivity (Wildman–Crippen MR) is 68.9 cm³/mol. The summed E-state index contributed by atoms with van der Waals surface area (Å²) in [5, 5.41) is 6.20. The van der Waals surface area contributed by atoms with E-state index >= 15 is 0 Å². The summed E-state index contributed by atoms with van der Waals surface area (Å²) in [6.45, 7) is 4.62. The first-order valence-electron chi connectivity index (χ1n) is 6.49.